The highest BCUT2D eigenvalue weighted by atomic mass is 15.0. The molecule has 0 radical (unpaired) electrons. The minimum atomic E-state index is 0.387. The average molecular weight is 221 g/mol. The number of nitrogens with one attached hydrogen (secondary N) is 1. The summed E-state index contributed by atoms with van der Waals surface area (Å²) >= 11 is 0. The standard InChI is InChI=1S/C15H27N/c1-13(2)12-15(10-7-11-16-15)14-8-5-3-4-6-9-14/h8,13,16H,3-7,9-12H2,1-2H3. The Balaban J connectivity index is 2.13. The lowest BCUT2D eigenvalue weighted by molar-refractivity contribution is 0.344. The number of hydrogen-bond acceptors (Lipinski definition) is 1. The van der Waals surface area contributed by atoms with Gasteiger partial charge in [0.15, 0.2) is 0 Å². The van der Waals surface area contributed by atoms with Gasteiger partial charge >= 0.3 is 0 Å². The molecule has 1 aliphatic carbocycles. The molecule has 1 saturated heterocycles. The van der Waals surface area contributed by atoms with Gasteiger partial charge in [-0.2, -0.15) is 0 Å². The van der Waals surface area contributed by atoms with E-state index in [0.29, 0.717) is 5.54 Å². The first-order valence-corrected chi connectivity index (χ1v) is 7.17. The van der Waals surface area contributed by atoms with Crippen LogP contribution in [-0.2, 0) is 0 Å². The van der Waals surface area contributed by atoms with Crippen molar-refractivity contribution in [1.29, 1.82) is 0 Å². The van der Waals surface area contributed by atoms with E-state index in [1.54, 1.807) is 5.57 Å². The Bertz CT molecular complexity index is 246. The highest BCUT2D eigenvalue weighted by molar-refractivity contribution is 5.23. The van der Waals surface area contributed by atoms with Crippen molar-refractivity contribution in [2.75, 3.05) is 6.54 Å². The van der Waals surface area contributed by atoms with Gasteiger partial charge in [-0.25, -0.2) is 0 Å². The van der Waals surface area contributed by atoms with Gasteiger partial charge in [0.2, 0.25) is 0 Å². The van der Waals surface area contributed by atoms with Crippen molar-refractivity contribution in [3.05, 3.63) is 11.6 Å². The second-order valence-electron chi connectivity index (χ2n) is 6.04. The first-order valence-electron chi connectivity index (χ1n) is 7.17. The lowest BCUT2D eigenvalue weighted by Crippen LogP contribution is -2.42. The van der Waals surface area contributed by atoms with Crippen molar-refractivity contribution in [2.45, 2.75) is 70.8 Å². The van der Waals surface area contributed by atoms with Crippen LogP contribution in [0.5, 0.6) is 0 Å². The molecule has 1 fully saturated rings. The van der Waals surface area contributed by atoms with Crippen LogP contribution in [0.15, 0.2) is 11.6 Å². The van der Waals surface area contributed by atoms with Crippen LogP contribution in [0.3, 0.4) is 0 Å². The van der Waals surface area contributed by atoms with E-state index in [9.17, 15) is 0 Å². The Morgan fingerprint density at radius 2 is 2.12 bits per heavy atom. The third kappa shape index (κ3) is 2.68. The molecule has 92 valence electrons. The van der Waals surface area contributed by atoms with Crippen molar-refractivity contribution in [2.24, 2.45) is 5.92 Å². The van der Waals surface area contributed by atoms with Crippen LogP contribution in [0.4, 0.5) is 0 Å². The second-order valence-corrected chi connectivity index (χ2v) is 6.04. The van der Waals surface area contributed by atoms with E-state index in [1.807, 2.05) is 0 Å². The topological polar surface area (TPSA) is 12.0 Å². The summed E-state index contributed by atoms with van der Waals surface area (Å²) in [4.78, 5) is 0. The molecule has 2 rings (SSSR count). The third-order valence-electron chi connectivity index (χ3n) is 4.16. The minimum absolute atomic E-state index is 0.387. The fourth-order valence-electron chi connectivity index (χ4n) is 3.53. The van der Waals surface area contributed by atoms with Crippen LogP contribution < -0.4 is 5.32 Å². The van der Waals surface area contributed by atoms with Gasteiger partial charge in [0.1, 0.15) is 0 Å². The maximum Gasteiger partial charge on any atom is 0.0396 e. The summed E-state index contributed by atoms with van der Waals surface area (Å²) in [5.41, 5.74) is 2.13. The molecule has 0 spiro atoms. The van der Waals surface area contributed by atoms with Gasteiger partial charge in [-0.15, -0.1) is 0 Å². The summed E-state index contributed by atoms with van der Waals surface area (Å²) in [6.45, 7) is 5.95. The van der Waals surface area contributed by atoms with Crippen LogP contribution >= 0.6 is 0 Å². The zero-order valence-corrected chi connectivity index (χ0v) is 11.0. The molecule has 1 heterocycles. The third-order valence-corrected chi connectivity index (χ3v) is 4.16. The molecule has 1 heteroatoms. The molecule has 1 unspecified atom stereocenters. The molecule has 0 aromatic rings. The lowest BCUT2D eigenvalue weighted by atomic mass is 9.79. The summed E-state index contributed by atoms with van der Waals surface area (Å²) in [6, 6.07) is 0. The highest BCUT2D eigenvalue weighted by Crippen LogP contribution is 2.37. The van der Waals surface area contributed by atoms with Gasteiger partial charge in [0.05, 0.1) is 0 Å². The Hall–Kier alpha value is -0.300. The van der Waals surface area contributed by atoms with E-state index in [2.05, 4.69) is 25.2 Å². The maximum absolute atomic E-state index is 3.83. The van der Waals surface area contributed by atoms with Crippen molar-refractivity contribution >= 4 is 0 Å². The van der Waals surface area contributed by atoms with Gasteiger partial charge in [0, 0.05) is 5.54 Å². The fraction of sp³-hybridized carbons (Fsp3) is 0.867. The highest BCUT2D eigenvalue weighted by Gasteiger charge is 2.37. The van der Waals surface area contributed by atoms with Crippen molar-refractivity contribution in [1.82, 2.24) is 5.32 Å². The predicted molar refractivity (Wildman–Crippen MR) is 70.6 cm³/mol. The Kier molecular flexibility index (Phi) is 4.07. The Morgan fingerprint density at radius 1 is 1.25 bits per heavy atom. The molecule has 0 amide bonds. The minimum Gasteiger partial charge on any atom is -0.308 e. The molecule has 0 aromatic carbocycles. The van der Waals surface area contributed by atoms with Crippen LogP contribution in [-0.4, -0.2) is 12.1 Å². The largest absolute Gasteiger partial charge is 0.308 e. The lowest BCUT2D eigenvalue weighted by Gasteiger charge is -2.34. The quantitative estimate of drug-likeness (QED) is 0.709. The summed E-state index contributed by atoms with van der Waals surface area (Å²) in [6.07, 6.45) is 13.5. The van der Waals surface area contributed by atoms with Crippen molar-refractivity contribution in [3.63, 3.8) is 0 Å². The summed E-state index contributed by atoms with van der Waals surface area (Å²) in [5.74, 6) is 0.801. The monoisotopic (exact) mass is 221 g/mol. The smallest absolute Gasteiger partial charge is 0.0396 e. The molecule has 0 saturated carbocycles. The first-order chi connectivity index (χ1) is 7.73. The van der Waals surface area contributed by atoms with Crippen LogP contribution in [0.25, 0.3) is 0 Å². The molecule has 0 aromatic heterocycles. The van der Waals surface area contributed by atoms with E-state index in [0.717, 1.165) is 5.92 Å². The molecule has 1 atom stereocenters. The Morgan fingerprint density at radius 3 is 2.81 bits per heavy atom. The molecule has 2 aliphatic rings. The summed E-state index contributed by atoms with van der Waals surface area (Å²) in [5, 5.41) is 3.83. The second kappa shape index (κ2) is 5.35. The van der Waals surface area contributed by atoms with E-state index < -0.39 is 0 Å². The van der Waals surface area contributed by atoms with E-state index in [4.69, 9.17) is 0 Å². The van der Waals surface area contributed by atoms with Gasteiger partial charge in [-0.3, -0.25) is 0 Å². The van der Waals surface area contributed by atoms with Crippen LogP contribution in [0, 0.1) is 5.92 Å². The molecule has 1 nitrogen and oxygen atoms in total. The summed E-state index contributed by atoms with van der Waals surface area (Å²) in [7, 11) is 0. The molecule has 16 heavy (non-hydrogen) atoms. The van der Waals surface area contributed by atoms with Gasteiger partial charge in [-0.1, -0.05) is 31.9 Å². The molecular formula is C15H27N. The number of hydrogen-bond donors (Lipinski definition) is 1. The average Bonchev–Trinajstić information content (AvgIpc) is 2.54. The molecule has 1 aliphatic heterocycles. The van der Waals surface area contributed by atoms with E-state index in [1.165, 1.54) is 57.9 Å². The SMILES string of the molecule is CC(C)CC1(C2=CCCCCC2)CCCN1. The Labute approximate surface area is 101 Å². The van der Waals surface area contributed by atoms with Gasteiger partial charge < -0.3 is 5.32 Å². The first kappa shape index (κ1) is 12.2. The van der Waals surface area contributed by atoms with Crippen molar-refractivity contribution in [3.8, 4) is 0 Å². The number of rotatable bonds is 3. The maximum atomic E-state index is 3.83. The zero-order valence-electron chi connectivity index (χ0n) is 11.0. The van der Waals surface area contributed by atoms with Gasteiger partial charge in [-0.05, 0) is 57.4 Å². The summed E-state index contributed by atoms with van der Waals surface area (Å²) < 4.78 is 0. The zero-order chi connectivity index (χ0) is 11.4. The number of allylic oxidation sites excluding steroid dienone is 1. The normalized spacial score (nSPS) is 31.6. The van der Waals surface area contributed by atoms with E-state index in [-0.39, 0.29) is 0 Å². The predicted octanol–water partition coefficient (Wildman–Crippen LogP) is 4.05. The molecule has 0 bridgehead atoms. The molecule has 1 N–H and O–H groups in total. The van der Waals surface area contributed by atoms with Crippen molar-refractivity contribution < 1.29 is 0 Å². The van der Waals surface area contributed by atoms with Crippen LogP contribution in [0.1, 0.15) is 65.2 Å². The van der Waals surface area contributed by atoms with E-state index >= 15 is 0 Å². The molecular weight excluding hydrogens is 194 g/mol. The van der Waals surface area contributed by atoms with Crippen LogP contribution in [0.2, 0.25) is 0 Å². The van der Waals surface area contributed by atoms with Gasteiger partial charge in [0.25, 0.3) is 0 Å². The fourth-order valence-corrected chi connectivity index (χ4v) is 3.53.